The first-order valence-electron chi connectivity index (χ1n) is 18.8. The van der Waals surface area contributed by atoms with Gasteiger partial charge in [-0.15, -0.1) is 11.3 Å². The molecule has 0 saturated carbocycles. The molecule has 0 radical (unpaired) electrons. The molecule has 11 rings (SSSR count). The molecule has 0 aliphatic rings. The van der Waals surface area contributed by atoms with Crippen molar-refractivity contribution in [1.29, 1.82) is 0 Å². The van der Waals surface area contributed by atoms with Crippen LogP contribution >= 0.6 is 11.3 Å². The van der Waals surface area contributed by atoms with Crippen LogP contribution in [0.3, 0.4) is 0 Å². The SMILES string of the molecule is c1ccc(N(c2cccc(-c3cccc4ccccc34)c2)c2ccc(-c3ccccc3-n3c4ccccc4c4ccccc43)c3sc4ccccc4c23)cc1. The second kappa shape index (κ2) is 12.9. The van der Waals surface area contributed by atoms with E-state index in [2.05, 4.69) is 216 Å². The van der Waals surface area contributed by atoms with Crippen molar-refractivity contribution in [1.82, 2.24) is 4.57 Å². The van der Waals surface area contributed by atoms with Gasteiger partial charge in [0.15, 0.2) is 0 Å². The van der Waals surface area contributed by atoms with Gasteiger partial charge in [-0.05, 0) is 76.5 Å². The Hall–Kier alpha value is -6.94. The molecule has 0 N–H and O–H groups in total. The first-order chi connectivity index (χ1) is 27.3. The van der Waals surface area contributed by atoms with Gasteiger partial charge in [0.05, 0.1) is 22.4 Å². The van der Waals surface area contributed by atoms with E-state index in [0.717, 1.165) is 17.1 Å². The van der Waals surface area contributed by atoms with Gasteiger partial charge in [-0.2, -0.15) is 0 Å². The molecule has 11 aromatic rings. The maximum Gasteiger partial charge on any atom is 0.0555 e. The molecule has 2 aromatic heterocycles. The molecule has 0 fully saturated rings. The van der Waals surface area contributed by atoms with E-state index in [1.807, 2.05) is 11.3 Å². The lowest BCUT2D eigenvalue weighted by atomic mass is 9.97. The van der Waals surface area contributed by atoms with Crippen LogP contribution in [0.5, 0.6) is 0 Å². The summed E-state index contributed by atoms with van der Waals surface area (Å²) >= 11 is 1.88. The molecule has 55 heavy (non-hydrogen) atoms. The Morgan fingerprint density at radius 3 is 1.82 bits per heavy atom. The van der Waals surface area contributed by atoms with E-state index in [-0.39, 0.29) is 0 Å². The minimum Gasteiger partial charge on any atom is -0.310 e. The predicted octanol–water partition coefficient (Wildman–Crippen LogP) is 15.1. The number of anilines is 3. The highest BCUT2D eigenvalue weighted by Gasteiger charge is 2.23. The summed E-state index contributed by atoms with van der Waals surface area (Å²) in [7, 11) is 0. The van der Waals surface area contributed by atoms with Crippen molar-refractivity contribution in [2.45, 2.75) is 0 Å². The number of para-hydroxylation sites is 4. The van der Waals surface area contributed by atoms with Gasteiger partial charge in [0.2, 0.25) is 0 Å². The van der Waals surface area contributed by atoms with Gasteiger partial charge >= 0.3 is 0 Å². The number of fused-ring (bicyclic) bond motifs is 7. The van der Waals surface area contributed by atoms with Crippen molar-refractivity contribution < 1.29 is 0 Å². The van der Waals surface area contributed by atoms with Gasteiger partial charge in [0.25, 0.3) is 0 Å². The normalized spacial score (nSPS) is 11.6. The fraction of sp³-hybridized carbons (Fsp3) is 0. The standard InChI is InChI=1S/C52H34N2S/c1-2-19-37(20-3-1)53(38-21-14-18-36(34-38)40-27-15-17-35-16-4-5-22-39(35)40)49-33-32-44(52-51(49)45-26-9-13-31-50(45)55-52)43-25-8-12-30-48(43)54-46-28-10-6-23-41(46)42-24-7-11-29-47(42)54/h1-34H. The first-order valence-corrected chi connectivity index (χ1v) is 19.6. The van der Waals surface area contributed by atoms with Crippen molar-refractivity contribution in [3.8, 4) is 27.9 Å². The Morgan fingerprint density at radius 1 is 0.400 bits per heavy atom. The molecule has 0 unspecified atom stereocenters. The van der Waals surface area contributed by atoms with Gasteiger partial charge in [0, 0.05) is 53.4 Å². The Balaban J connectivity index is 1.17. The van der Waals surface area contributed by atoms with Crippen molar-refractivity contribution >= 4 is 81.1 Å². The molecule has 2 nitrogen and oxygen atoms in total. The summed E-state index contributed by atoms with van der Waals surface area (Å²) in [6.45, 7) is 0. The molecule has 0 spiro atoms. The lowest BCUT2D eigenvalue weighted by molar-refractivity contribution is 1.18. The zero-order valence-electron chi connectivity index (χ0n) is 29.9. The average molecular weight is 719 g/mol. The average Bonchev–Trinajstić information content (AvgIpc) is 3.81. The van der Waals surface area contributed by atoms with E-state index >= 15 is 0 Å². The van der Waals surface area contributed by atoms with E-state index < -0.39 is 0 Å². The predicted molar refractivity (Wildman–Crippen MR) is 237 cm³/mol. The quantitative estimate of drug-likeness (QED) is 0.166. The molecule has 3 heteroatoms. The zero-order chi connectivity index (χ0) is 36.3. The summed E-state index contributed by atoms with van der Waals surface area (Å²) < 4.78 is 5.00. The fourth-order valence-corrected chi connectivity index (χ4v) is 9.83. The van der Waals surface area contributed by atoms with Gasteiger partial charge in [-0.3, -0.25) is 0 Å². The van der Waals surface area contributed by atoms with Gasteiger partial charge < -0.3 is 9.47 Å². The molecule has 0 amide bonds. The van der Waals surface area contributed by atoms with Gasteiger partial charge in [-0.1, -0.05) is 152 Å². The first kappa shape index (κ1) is 31.6. The van der Waals surface area contributed by atoms with Crippen molar-refractivity contribution in [2.75, 3.05) is 4.90 Å². The second-order valence-electron chi connectivity index (χ2n) is 14.1. The number of thiophene rings is 1. The minimum absolute atomic E-state index is 1.12. The van der Waals surface area contributed by atoms with Crippen LogP contribution in [-0.4, -0.2) is 4.57 Å². The largest absolute Gasteiger partial charge is 0.310 e. The molecule has 0 aliphatic carbocycles. The van der Waals surface area contributed by atoms with E-state index in [4.69, 9.17) is 0 Å². The number of benzene rings is 9. The van der Waals surface area contributed by atoms with Crippen LogP contribution in [0.25, 0.3) is 80.7 Å². The van der Waals surface area contributed by atoms with E-state index in [9.17, 15) is 0 Å². The summed E-state index contributed by atoms with van der Waals surface area (Å²) in [5, 5.41) is 7.55. The van der Waals surface area contributed by atoms with Crippen molar-refractivity contribution in [3.05, 3.63) is 206 Å². The summed E-state index contributed by atoms with van der Waals surface area (Å²) in [6.07, 6.45) is 0. The molecule has 0 atom stereocenters. The molecular weight excluding hydrogens is 685 g/mol. The van der Waals surface area contributed by atoms with Crippen molar-refractivity contribution in [2.24, 2.45) is 0 Å². The Labute approximate surface area is 323 Å². The minimum atomic E-state index is 1.12. The Kier molecular flexibility index (Phi) is 7.39. The van der Waals surface area contributed by atoms with Crippen LogP contribution < -0.4 is 4.90 Å². The van der Waals surface area contributed by atoms with Crippen LogP contribution in [0.15, 0.2) is 206 Å². The maximum atomic E-state index is 2.45. The number of rotatable bonds is 6. The smallest absolute Gasteiger partial charge is 0.0555 e. The zero-order valence-corrected chi connectivity index (χ0v) is 30.7. The highest BCUT2D eigenvalue weighted by atomic mass is 32.1. The topological polar surface area (TPSA) is 8.17 Å². The Morgan fingerprint density at radius 2 is 1.00 bits per heavy atom. The third-order valence-electron chi connectivity index (χ3n) is 11.0. The highest BCUT2D eigenvalue weighted by Crippen LogP contribution is 2.50. The van der Waals surface area contributed by atoms with Crippen LogP contribution in [0, 0.1) is 0 Å². The highest BCUT2D eigenvalue weighted by molar-refractivity contribution is 7.26. The van der Waals surface area contributed by atoms with Crippen molar-refractivity contribution in [3.63, 3.8) is 0 Å². The van der Waals surface area contributed by atoms with E-state index in [0.29, 0.717) is 0 Å². The monoisotopic (exact) mass is 718 g/mol. The lowest BCUT2D eigenvalue weighted by Crippen LogP contribution is -2.10. The van der Waals surface area contributed by atoms with E-state index in [1.54, 1.807) is 0 Å². The third-order valence-corrected chi connectivity index (χ3v) is 12.2. The maximum absolute atomic E-state index is 2.45. The number of nitrogens with zero attached hydrogens (tertiary/aromatic N) is 2. The number of aromatic nitrogens is 1. The van der Waals surface area contributed by atoms with Gasteiger partial charge in [-0.25, -0.2) is 0 Å². The third kappa shape index (κ3) is 5.09. The molecule has 9 aromatic carbocycles. The molecular formula is C52H34N2S. The summed E-state index contributed by atoms with van der Waals surface area (Å²) in [6, 6.07) is 75.1. The molecule has 0 bridgehead atoms. The van der Waals surface area contributed by atoms with Crippen LogP contribution in [0.2, 0.25) is 0 Å². The summed E-state index contributed by atoms with van der Waals surface area (Å²) in [5.74, 6) is 0. The Bertz CT molecular complexity index is 3170. The second-order valence-corrected chi connectivity index (χ2v) is 15.1. The van der Waals surface area contributed by atoms with Gasteiger partial charge in [0.1, 0.15) is 0 Å². The number of hydrogen-bond donors (Lipinski definition) is 0. The van der Waals surface area contributed by atoms with Crippen LogP contribution in [0.4, 0.5) is 17.1 Å². The molecule has 2 heterocycles. The van der Waals surface area contributed by atoms with Crippen LogP contribution in [-0.2, 0) is 0 Å². The fourth-order valence-electron chi connectivity index (χ4n) is 8.58. The summed E-state index contributed by atoms with van der Waals surface area (Å²) in [4.78, 5) is 2.44. The summed E-state index contributed by atoms with van der Waals surface area (Å²) in [5.41, 5.74) is 11.9. The molecule has 0 saturated heterocycles. The van der Waals surface area contributed by atoms with E-state index in [1.165, 1.54) is 80.7 Å². The molecule has 0 aliphatic heterocycles. The van der Waals surface area contributed by atoms with Crippen LogP contribution in [0.1, 0.15) is 0 Å². The number of hydrogen-bond acceptors (Lipinski definition) is 2. The molecule has 258 valence electrons. The lowest BCUT2D eigenvalue weighted by Gasteiger charge is -2.27.